The van der Waals surface area contributed by atoms with Crippen molar-refractivity contribution in [3.63, 3.8) is 0 Å². The van der Waals surface area contributed by atoms with Gasteiger partial charge in [-0.05, 0) is 45.0 Å². The average Bonchev–Trinajstić information content (AvgIpc) is 2.54. The summed E-state index contributed by atoms with van der Waals surface area (Å²) in [7, 11) is 0. The Balaban J connectivity index is 2.12. The molecule has 0 aliphatic carbocycles. The minimum atomic E-state index is -0.427. The molecule has 5 heteroatoms. The van der Waals surface area contributed by atoms with Gasteiger partial charge in [-0.15, -0.1) is 0 Å². The van der Waals surface area contributed by atoms with Crippen LogP contribution in [0.3, 0.4) is 0 Å². The molecule has 0 bridgehead atoms. The van der Waals surface area contributed by atoms with Crippen molar-refractivity contribution in [2.45, 2.75) is 33.2 Å². The SMILES string of the molecule is CC(=O)N(CC(=O)Nc1ccccc1Oc1ccccc1)C(C)(C)C. The molecule has 0 saturated heterocycles. The minimum Gasteiger partial charge on any atom is -0.455 e. The number of benzene rings is 2. The van der Waals surface area contributed by atoms with Gasteiger partial charge in [0.05, 0.1) is 5.69 Å². The highest BCUT2D eigenvalue weighted by atomic mass is 16.5. The lowest BCUT2D eigenvalue weighted by Gasteiger charge is -2.34. The summed E-state index contributed by atoms with van der Waals surface area (Å²) < 4.78 is 5.83. The summed E-state index contributed by atoms with van der Waals surface area (Å²) in [5.74, 6) is 0.821. The maximum absolute atomic E-state index is 12.4. The number of anilines is 1. The molecule has 0 aliphatic heterocycles. The van der Waals surface area contributed by atoms with Gasteiger partial charge in [0.15, 0.2) is 5.75 Å². The van der Waals surface area contributed by atoms with E-state index < -0.39 is 5.54 Å². The Bertz CT molecular complexity index is 736. The highest BCUT2D eigenvalue weighted by Gasteiger charge is 2.26. The number of ether oxygens (including phenoxy) is 1. The van der Waals surface area contributed by atoms with Gasteiger partial charge in [0, 0.05) is 12.5 Å². The smallest absolute Gasteiger partial charge is 0.244 e. The van der Waals surface area contributed by atoms with E-state index in [1.54, 1.807) is 12.1 Å². The Kier molecular flexibility index (Phi) is 5.80. The van der Waals surface area contributed by atoms with Crippen molar-refractivity contribution in [2.75, 3.05) is 11.9 Å². The Morgan fingerprint density at radius 2 is 1.60 bits per heavy atom. The molecule has 0 atom stereocenters. The third-order valence-corrected chi connectivity index (χ3v) is 3.62. The van der Waals surface area contributed by atoms with Gasteiger partial charge in [0.2, 0.25) is 11.8 Å². The first-order chi connectivity index (χ1) is 11.8. The molecule has 0 heterocycles. The fraction of sp³-hybridized carbons (Fsp3) is 0.300. The number of hydrogen-bond donors (Lipinski definition) is 1. The number of amides is 2. The lowest BCUT2D eigenvalue weighted by atomic mass is 10.1. The van der Waals surface area contributed by atoms with Crippen LogP contribution < -0.4 is 10.1 Å². The molecule has 2 aromatic carbocycles. The zero-order valence-electron chi connectivity index (χ0n) is 15.1. The largest absolute Gasteiger partial charge is 0.455 e. The van der Waals surface area contributed by atoms with Crippen LogP contribution in [0.15, 0.2) is 54.6 Å². The zero-order chi connectivity index (χ0) is 18.4. The standard InChI is InChI=1S/C20H24N2O3/c1-15(23)22(20(2,3)4)14-19(24)21-17-12-8-9-13-18(17)25-16-10-6-5-7-11-16/h5-13H,14H2,1-4H3,(H,21,24). The highest BCUT2D eigenvalue weighted by Crippen LogP contribution is 2.29. The molecule has 0 unspecified atom stereocenters. The number of carbonyl (C=O) groups excluding carboxylic acids is 2. The molecule has 2 rings (SSSR count). The Labute approximate surface area is 148 Å². The van der Waals surface area contributed by atoms with Gasteiger partial charge in [-0.2, -0.15) is 0 Å². The Morgan fingerprint density at radius 3 is 2.20 bits per heavy atom. The summed E-state index contributed by atoms with van der Waals surface area (Å²) in [5.41, 5.74) is 0.136. The van der Waals surface area contributed by atoms with E-state index in [2.05, 4.69) is 5.32 Å². The van der Waals surface area contributed by atoms with Crippen molar-refractivity contribution in [3.05, 3.63) is 54.6 Å². The molecule has 0 radical (unpaired) electrons. The molecule has 2 amide bonds. The lowest BCUT2D eigenvalue weighted by molar-refractivity contribution is -0.137. The second-order valence-electron chi connectivity index (χ2n) is 6.74. The van der Waals surface area contributed by atoms with Crippen LogP contribution in [-0.4, -0.2) is 28.8 Å². The summed E-state index contributed by atoms with van der Waals surface area (Å²) in [6.07, 6.45) is 0. The third kappa shape index (κ3) is 5.35. The second kappa shape index (κ2) is 7.83. The molecule has 132 valence electrons. The molecular weight excluding hydrogens is 316 g/mol. The topological polar surface area (TPSA) is 58.6 Å². The first-order valence-electron chi connectivity index (χ1n) is 8.17. The molecule has 5 nitrogen and oxygen atoms in total. The van der Waals surface area contributed by atoms with Crippen molar-refractivity contribution in [1.82, 2.24) is 4.90 Å². The van der Waals surface area contributed by atoms with Crippen molar-refractivity contribution >= 4 is 17.5 Å². The van der Waals surface area contributed by atoms with Crippen LogP contribution in [0.5, 0.6) is 11.5 Å². The first-order valence-corrected chi connectivity index (χ1v) is 8.17. The summed E-state index contributed by atoms with van der Waals surface area (Å²) in [4.78, 5) is 25.8. The monoisotopic (exact) mass is 340 g/mol. The maximum Gasteiger partial charge on any atom is 0.244 e. The summed E-state index contributed by atoms with van der Waals surface area (Å²) in [6.45, 7) is 7.14. The number of nitrogens with zero attached hydrogens (tertiary/aromatic N) is 1. The molecule has 0 aliphatic rings. The van der Waals surface area contributed by atoms with Gasteiger partial charge >= 0.3 is 0 Å². The van der Waals surface area contributed by atoms with E-state index in [1.165, 1.54) is 11.8 Å². The van der Waals surface area contributed by atoms with Gasteiger partial charge in [-0.3, -0.25) is 9.59 Å². The van der Waals surface area contributed by atoms with Gasteiger partial charge in [0.1, 0.15) is 12.3 Å². The van der Waals surface area contributed by atoms with Crippen LogP contribution in [-0.2, 0) is 9.59 Å². The average molecular weight is 340 g/mol. The van der Waals surface area contributed by atoms with E-state index in [9.17, 15) is 9.59 Å². The van der Waals surface area contributed by atoms with Crippen LogP contribution in [0.1, 0.15) is 27.7 Å². The van der Waals surface area contributed by atoms with E-state index in [0.29, 0.717) is 17.2 Å². The number of para-hydroxylation sites is 3. The van der Waals surface area contributed by atoms with Crippen LogP contribution in [0.4, 0.5) is 5.69 Å². The van der Waals surface area contributed by atoms with Gasteiger partial charge in [-0.25, -0.2) is 0 Å². The predicted molar refractivity (Wildman–Crippen MR) is 98.7 cm³/mol. The van der Waals surface area contributed by atoms with E-state index in [1.807, 2.05) is 63.2 Å². The Morgan fingerprint density at radius 1 is 1.00 bits per heavy atom. The first kappa shape index (κ1) is 18.5. The number of rotatable bonds is 5. The summed E-state index contributed by atoms with van der Waals surface area (Å²) in [6, 6.07) is 16.6. The number of hydrogen-bond acceptors (Lipinski definition) is 3. The summed E-state index contributed by atoms with van der Waals surface area (Å²) >= 11 is 0. The van der Waals surface area contributed by atoms with Gasteiger partial charge < -0.3 is 15.0 Å². The summed E-state index contributed by atoms with van der Waals surface area (Å²) in [5, 5.41) is 2.83. The maximum atomic E-state index is 12.4. The molecule has 0 saturated carbocycles. The van der Waals surface area contributed by atoms with Crippen molar-refractivity contribution in [2.24, 2.45) is 0 Å². The molecule has 0 fully saturated rings. The van der Waals surface area contributed by atoms with E-state index in [4.69, 9.17) is 4.74 Å². The highest BCUT2D eigenvalue weighted by molar-refractivity contribution is 5.95. The molecule has 25 heavy (non-hydrogen) atoms. The molecular formula is C20H24N2O3. The van der Waals surface area contributed by atoms with Gasteiger partial charge in [-0.1, -0.05) is 30.3 Å². The van der Waals surface area contributed by atoms with Crippen molar-refractivity contribution < 1.29 is 14.3 Å². The van der Waals surface area contributed by atoms with E-state index in [-0.39, 0.29) is 18.4 Å². The fourth-order valence-electron chi connectivity index (χ4n) is 2.43. The van der Waals surface area contributed by atoms with Crippen LogP contribution >= 0.6 is 0 Å². The quantitative estimate of drug-likeness (QED) is 0.893. The third-order valence-electron chi connectivity index (χ3n) is 3.62. The fourth-order valence-corrected chi connectivity index (χ4v) is 2.43. The lowest BCUT2D eigenvalue weighted by Crippen LogP contribution is -2.48. The second-order valence-corrected chi connectivity index (χ2v) is 6.74. The normalized spacial score (nSPS) is 10.9. The molecule has 0 aromatic heterocycles. The van der Waals surface area contributed by atoms with Crippen molar-refractivity contribution in [1.29, 1.82) is 0 Å². The number of carbonyl (C=O) groups is 2. The van der Waals surface area contributed by atoms with Gasteiger partial charge in [0.25, 0.3) is 0 Å². The predicted octanol–water partition coefficient (Wildman–Crippen LogP) is 4.06. The van der Waals surface area contributed by atoms with Crippen LogP contribution in [0.2, 0.25) is 0 Å². The number of nitrogens with one attached hydrogen (secondary N) is 1. The van der Waals surface area contributed by atoms with Crippen LogP contribution in [0.25, 0.3) is 0 Å². The molecule has 0 spiro atoms. The molecule has 1 N–H and O–H groups in total. The van der Waals surface area contributed by atoms with Crippen molar-refractivity contribution in [3.8, 4) is 11.5 Å². The zero-order valence-corrected chi connectivity index (χ0v) is 15.1. The van der Waals surface area contributed by atoms with E-state index in [0.717, 1.165) is 0 Å². The van der Waals surface area contributed by atoms with Crippen LogP contribution in [0, 0.1) is 0 Å². The Hall–Kier alpha value is -2.82. The molecule has 2 aromatic rings. The van der Waals surface area contributed by atoms with E-state index >= 15 is 0 Å². The minimum absolute atomic E-state index is 0.0154.